The Balaban J connectivity index is 1.53. The molecule has 0 aromatic carbocycles. The molecule has 3 rings (SSSR count). The number of rotatable bonds is 5. The Kier molecular flexibility index (Phi) is 6.42. The van der Waals surface area contributed by atoms with Gasteiger partial charge >= 0.3 is 0 Å². The van der Waals surface area contributed by atoms with Gasteiger partial charge in [-0.2, -0.15) is 0 Å². The van der Waals surface area contributed by atoms with Crippen LogP contribution in [0.4, 0.5) is 0 Å². The van der Waals surface area contributed by atoms with Gasteiger partial charge in [-0.15, -0.1) is 11.3 Å². The van der Waals surface area contributed by atoms with Gasteiger partial charge in [-0.1, -0.05) is 0 Å². The zero-order valence-electron chi connectivity index (χ0n) is 16.0. The van der Waals surface area contributed by atoms with Gasteiger partial charge in [-0.3, -0.25) is 9.89 Å². The van der Waals surface area contributed by atoms with Crippen molar-refractivity contribution in [1.82, 2.24) is 19.7 Å². The Morgan fingerprint density at radius 2 is 2.31 bits per heavy atom. The topological polar surface area (TPSA) is 35.8 Å². The molecule has 1 aliphatic heterocycles. The quantitative estimate of drug-likeness (QED) is 0.575. The summed E-state index contributed by atoms with van der Waals surface area (Å²) in [6, 6.07) is 4.90. The largest absolute Gasteiger partial charge is 0.355 e. The first-order chi connectivity index (χ1) is 12.5. The number of aryl methyl sites for hydroxylation is 1. The van der Waals surface area contributed by atoms with Gasteiger partial charge in [0.1, 0.15) is 0 Å². The molecule has 1 aliphatic rings. The monoisotopic (exact) mass is 437 g/mol. The van der Waals surface area contributed by atoms with Crippen molar-refractivity contribution in [3.8, 4) is 0 Å². The Bertz CT molecular complexity index is 766. The minimum atomic E-state index is 0.470. The van der Waals surface area contributed by atoms with Crippen LogP contribution in [0.2, 0.25) is 0 Å². The van der Waals surface area contributed by atoms with E-state index < -0.39 is 0 Å². The summed E-state index contributed by atoms with van der Waals surface area (Å²) in [5.41, 5.74) is 2.75. The molecule has 1 unspecified atom stereocenters. The number of aromatic nitrogens is 1. The van der Waals surface area contributed by atoms with Crippen LogP contribution in [0.1, 0.15) is 23.1 Å². The fourth-order valence-electron chi connectivity index (χ4n) is 3.44. The fraction of sp³-hybridized carbons (Fsp3) is 0.526. The van der Waals surface area contributed by atoms with E-state index in [9.17, 15) is 0 Å². The highest BCUT2D eigenvalue weighted by Gasteiger charge is 2.21. The van der Waals surface area contributed by atoms with Crippen LogP contribution < -0.4 is 5.32 Å². The first-order valence-electron chi connectivity index (χ1n) is 8.99. The average Bonchev–Trinajstić information content (AvgIpc) is 3.20. The summed E-state index contributed by atoms with van der Waals surface area (Å²) < 4.78 is 3.25. The van der Waals surface area contributed by atoms with Gasteiger partial charge < -0.3 is 14.8 Å². The maximum Gasteiger partial charge on any atom is 0.193 e. The molecule has 7 heteroatoms. The summed E-state index contributed by atoms with van der Waals surface area (Å²) in [5, 5.41) is 5.76. The Morgan fingerprint density at radius 3 is 3.00 bits per heavy atom. The second-order valence-corrected chi connectivity index (χ2v) is 8.90. The van der Waals surface area contributed by atoms with Crippen molar-refractivity contribution in [3.63, 3.8) is 0 Å². The molecule has 0 amide bonds. The van der Waals surface area contributed by atoms with E-state index in [4.69, 9.17) is 0 Å². The van der Waals surface area contributed by atoms with E-state index in [2.05, 4.69) is 85.3 Å². The number of halogens is 1. The Morgan fingerprint density at radius 1 is 1.50 bits per heavy atom. The molecule has 2 aromatic rings. The van der Waals surface area contributed by atoms with Crippen LogP contribution in [0.15, 0.2) is 33.2 Å². The average molecular weight is 438 g/mol. The first-order valence-corrected chi connectivity index (χ1v) is 10.7. The molecule has 0 aliphatic carbocycles. The molecule has 142 valence electrons. The number of fused-ring (bicyclic) bond motifs is 1. The molecule has 3 heterocycles. The van der Waals surface area contributed by atoms with Gasteiger partial charge in [0.15, 0.2) is 5.96 Å². The number of guanidine groups is 1. The molecule has 0 spiro atoms. The summed E-state index contributed by atoms with van der Waals surface area (Å²) in [4.78, 5) is 10.7. The van der Waals surface area contributed by atoms with Crippen molar-refractivity contribution in [2.45, 2.75) is 32.5 Å². The van der Waals surface area contributed by atoms with Gasteiger partial charge in [0, 0.05) is 68.1 Å². The minimum Gasteiger partial charge on any atom is -0.355 e. The zero-order chi connectivity index (χ0) is 18.7. The van der Waals surface area contributed by atoms with Gasteiger partial charge in [-0.25, -0.2) is 0 Å². The predicted molar refractivity (Wildman–Crippen MR) is 114 cm³/mol. The first kappa shape index (κ1) is 19.5. The van der Waals surface area contributed by atoms with E-state index in [0.717, 1.165) is 36.6 Å². The van der Waals surface area contributed by atoms with Crippen molar-refractivity contribution in [2.75, 3.05) is 27.2 Å². The summed E-state index contributed by atoms with van der Waals surface area (Å²) in [6.07, 6.45) is 3.25. The van der Waals surface area contributed by atoms with Crippen molar-refractivity contribution >= 4 is 33.2 Å². The van der Waals surface area contributed by atoms with E-state index in [1.54, 1.807) is 4.88 Å². The van der Waals surface area contributed by atoms with Crippen molar-refractivity contribution in [3.05, 3.63) is 44.3 Å². The minimum absolute atomic E-state index is 0.470. The normalized spacial score (nSPS) is 16.4. The van der Waals surface area contributed by atoms with E-state index in [0.29, 0.717) is 6.04 Å². The number of nitrogens with one attached hydrogen (secondary N) is 1. The molecule has 0 saturated heterocycles. The molecule has 0 fully saturated rings. The van der Waals surface area contributed by atoms with E-state index in [1.807, 2.05) is 18.4 Å². The third kappa shape index (κ3) is 4.50. The Hall–Kier alpha value is -1.31. The molecule has 0 saturated carbocycles. The highest BCUT2D eigenvalue weighted by molar-refractivity contribution is 9.10. The molecule has 1 N–H and O–H groups in total. The second-order valence-electron chi connectivity index (χ2n) is 6.98. The molecule has 26 heavy (non-hydrogen) atoms. The van der Waals surface area contributed by atoms with E-state index in [-0.39, 0.29) is 0 Å². The third-order valence-corrected chi connectivity index (χ3v) is 6.52. The van der Waals surface area contributed by atoms with Gasteiger partial charge in [0.05, 0.1) is 6.54 Å². The maximum atomic E-state index is 4.46. The molecular weight excluding hydrogens is 410 g/mol. The Labute approximate surface area is 168 Å². The lowest BCUT2D eigenvalue weighted by molar-refractivity contribution is 0.192. The van der Waals surface area contributed by atoms with Crippen LogP contribution in [-0.4, -0.2) is 53.6 Å². The number of aliphatic imine (C=N–C) groups is 1. The van der Waals surface area contributed by atoms with Crippen LogP contribution >= 0.6 is 27.3 Å². The summed E-state index contributed by atoms with van der Waals surface area (Å²) in [6.45, 7) is 6.22. The summed E-state index contributed by atoms with van der Waals surface area (Å²) in [7, 11) is 6.00. The highest BCUT2D eigenvalue weighted by Crippen LogP contribution is 2.25. The fourth-order valence-corrected chi connectivity index (χ4v) is 4.90. The zero-order valence-corrected chi connectivity index (χ0v) is 18.4. The molecule has 1 atom stereocenters. The van der Waals surface area contributed by atoms with Crippen LogP contribution in [-0.2, 0) is 26.6 Å². The highest BCUT2D eigenvalue weighted by atomic mass is 79.9. The molecular formula is C19H28BrN5S. The molecule has 0 bridgehead atoms. The predicted octanol–water partition coefficient (Wildman–Crippen LogP) is 3.30. The maximum absolute atomic E-state index is 4.46. The SMILES string of the molecule is CN=C(NCC(C)N1CCc2sccc2C1)N(C)Cc1cc(Br)cn1C. The van der Waals surface area contributed by atoms with Crippen molar-refractivity contribution in [1.29, 1.82) is 0 Å². The van der Waals surface area contributed by atoms with Gasteiger partial charge in [0.2, 0.25) is 0 Å². The van der Waals surface area contributed by atoms with Crippen LogP contribution in [0.5, 0.6) is 0 Å². The molecule has 2 aromatic heterocycles. The molecule has 0 radical (unpaired) electrons. The third-order valence-electron chi connectivity index (χ3n) is 5.06. The second kappa shape index (κ2) is 8.59. The van der Waals surface area contributed by atoms with Crippen molar-refractivity contribution < 1.29 is 0 Å². The number of nitrogens with zero attached hydrogens (tertiary/aromatic N) is 4. The van der Waals surface area contributed by atoms with E-state index in [1.165, 1.54) is 17.7 Å². The lowest BCUT2D eigenvalue weighted by Gasteiger charge is -2.33. The number of thiophene rings is 1. The summed E-state index contributed by atoms with van der Waals surface area (Å²) >= 11 is 5.43. The molecule has 5 nitrogen and oxygen atoms in total. The lowest BCUT2D eigenvalue weighted by atomic mass is 10.1. The van der Waals surface area contributed by atoms with Crippen LogP contribution in [0.25, 0.3) is 0 Å². The van der Waals surface area contributed by atoms with Crippen LogP contribution in [0.3, 0.4) is 0 Å². The van der Waals surface area contributed by atoms with E-state index >= 15 is 0 Å². The lowest BCUT2D eigenvalue weighted by Crippen LogP contribution is -2.47. The standard InChI is InChI=1S/C19H28BrN5S/c1-14(25-7-5-18-15(11-25)6-8-26-18)10-22-19(21-2)24(4)13-17-9-16(20)12-23(17)3/h6,8-9,12,14H,5,7,10-11,13H2,1-4H3,(H,21,22). The number of hydrogen-bond acceptors (Lipinski definition) is 3. The van der Waals surface area contributed by atoms with Crippen molar-refractivity contribution in [2.24, 2.45) is 12.0 Å². The van der Waals surface area contributed by atoms with Gasteiger partial charge in [-0.05, 0) is 52.4 Å². The number of hydrogen-bond donors (Lipinski definition) is 1. The van der Waals surface area contributed by atoms with Gasteiger partial charge in [0.25, 0.3) is 0 Å². The summed E-state index contributed by atoms with van der Waals surface area (Å²) in [5.74, 6) is 0.933. The van der Waals surface area contributed by atoms with Crippen LogP contribution in [0, 0.1) is 0 Å². The smallest absolute Gasteiger partial charge is 0.193 e.